The third-order valence-corrected chi connectivity index (χ3v) is 4.70. The van der Waals surface area contributed by atoms with Gasteiger partial charge >= 0.3 is 6.03 Å². The van der Waals surface area contributed by atoms with Crippen LogP contribution in [0.25, 0.3) is 0 Å². The van der Waals surface area contributed by atoms with E-state index < -0.39 is 0 Å². The van der Waals surface area contributed by atoms with Crippen LogP contribution in [0.15, 0.2) is 4.52 Å². The molecule has 3 amide bonds. The minimum absolute atomic E-state index is 0.100. The summed E-state index contributed by atoms with van der Waals surface area (Å²) in [4.78, 5) is 25.2. The van der Waals surface area contributed by atoms with Crippen molar-refractivity contribution >= 4 is 11.9 Å². The Morgan fingerprint density at radius 3 is 2.86 bits per heavy atom. The number of carbonyl (C=O) groups excluding carboxylic acids is 2. The fourth-order valence-corrected chi connectivity index (χ4v) is 3.36. The quantitative estimate of drug-likeness (QED) is 0.863. The maximum absolute atomic E-state index is 12.2. The molecule has 3 N–H and O–H groups in total. The molecule has 0 bridgehead atoms. The monoisotopic (exact) mass is 306 g/mol. The second kappa shape index (κ2) is 5.98. The van der Waals surface area contributed by atoms with E-state index in [4.69, 9.17) is 10.3 Å². The topological polar surface area (TPSA) is 101 Å². The van der Waals surface area contributed by atoms with Crippen LogP contribution in [-0.2, 0) is 24.2 Å². The number of hydrogen-bond donors (Lipinski definition) is 2. The van der Waals surface area contributed by atoms with Gasteiger partial charge in [-0.1, -0.05) is 12.1 Å². The lowest BCUT2D eigenvalue weighted by Gasteiger charge is -2.17. The highest BCUT2D eigenvalue weighted by Gasteiger charge is 2.35. The van der Waals surface area contributed by atoms with Gasteiger partial charge < -0.3 is 20.5 Å². The molecular weight excluding hydrogens is 284 g/mol. The van der Waals surface area contributed by atoms with Crippen LogP contribution in [0, 0.1) is 11.8 Å². The number of nitrogens with one attached hydrogen (secondary N) is 1. The summed E-state index contributed by atoms with van der Waals surface area (Å²) in [6.07, 6.45) is 4.17. The smallest absolute Gasteiger partial charge is 0.317 e. The molecular formula is C15H22N4O3. The lowest BCUT2D eigenvalue weighted by molar-refractivity contribution is -0.122. The predicted octanol–water partition coefficient (Wildman–Crippen LogP) is 0.816. The number of aromatic nitrogens is 1. The van der Waals surface area contributed by atoms with E-state index in [0.717, 1.165) is 42.7 Å². The minimum atomic E-state index is -0.339. The van der Waals surface area contributed by atoms with E-state index in [9.17, 15) is 9.59 Å². The average Bonchev–Trinajstić information content (AvgIpc) is 3.08. The molecule has 7 heteroatoms. The Balaban J connectivity index is 1.57. The molecule has 120 valence electrons. The van der Waals surface area contributed by atoms with Gasteiger partial charge in [0, 0.05) is 25.1 Å². The van der Waals surface area contributed by atoms with Gasteiger partial charge in [-0.25, -0.2) is 4.79 Å². The summed E-state index contributed by atoms with van der Waals surface area (Å²) >= 11 is 0. The number of nitrogens with zero attached hydrogens (tertiary/aromatic N) is 2. The average molecular weight is 306 g/mol. The Kier molecular flexibility index (Phi) is 4.04. The zero-order valence-electron chi connectivity index (χ0n) is 12.8. The van der Waals surface area contributed by atoms with Crippen LogP contribution in [0.1, 0.15) is 36.8 Å². The lowest BCUT2D eigenvalue weighted by atomic mass is 9.96. The number of aryl methyl sites for hydroxylation is 1. The van der Waals surface area contributed by atoms with E-state index in [2.05, 4.69) is 10.5 Å². The molecule has 22 heavy (non-hydrogen) atoms. The Bertz CT molecular complexity index is 583. The van der Waals surface area contributed by atoms with E-state index in [-0.39, 0.29) is 23.8 Å². The van der Waals surface area contributed by atoms with Crippen molar-refractivity contribution in [2.24, 2.45) is 17.6 Å². The highest BCUT2D eigenvalue weighted by atomic mass is 16.5. The first kappa shape index (κ1) is 14.9. The van der Waals surface area contributed by atoms with E-state index in [0.29, 0.717) is 19.6 Å². The van der Waals surface area contributed by atoms with Crippen LogP contribution in [0.5, 0.6) is 0 Å². The number of fused-ring (bicyclic) bond motifs is 1. The normalized spacial score (nSPS) is 24.1. The molecule has 0 spiro atoms. The number of nitrogens with two attached hydrogens (primary N) is 1. The molecule has 2 atom stereocenters. The van der Waals surface area contributed by atoms with Crippen LogP contribution < -0.4 is 11.1 Å². The maximum atomic E-state index is 12.2. The molecule has 2 aliphatic rings. The first-order valence-electron chi connectivity index (χ1n) is 7.84. The van der Waals surface area contributed by atoms with Crippen LogP contribution >= 0.6 is 0 Å². The molecule has 1 aliphatic heterocycles. The van der Waals surface area contributed by atoms with Crippen molar-refractivity contribution in [2.45, 2.75) is 39.2 Å². The SMILES string of the molecule is C[C@@H]1CN(C(=O)NCc2noc3c2CCCC3)C[C@H]1C(N)=O. The van der Waals surface area contributed by atoms with Gasteiger partial charge in [0.2, 0.25) is 5.91 Å². The molecule has 0 radical (unpaired) electrons. The standard InChI is InChI=1S/C15H22N4O3/c1-9-7-19(8-11(9)14(16)20)15(21)17-6-12-10-4-2-3-5-13(10)22-18-12/h9,11H,2-8H2,1H3,(H2,16,20)(H,17,21)/t9-,11-/m1/s1. The number of hydrogen-bond acceptors (Lipinski definition) is 4. The van der Waals surface area contributed by atoms with Gasteiger partial charge in [-0.2, -0.15) is 0 Å². The van der Waals surface area contributed by atoms with Gasteiger partial charge in [-0.3, -0.25) is 4.79 Å². The summed E-state index contributed by atoms with van der Waals surface area (Å²) in [6.45, 7) is 3.25. The van der Waals surface area contributed by atoms with Gasteiger partial charge in [-0.05, 0) is 25.2 Å². The van der Waals surface area contributed by atoms with E-state index >= 15 is 0 Å². The molecule has 1 aromatic rings. The molecule has 0 aromatic carbocycles. The van der Waals surface area contributed by atoms with Gasteiger partial charge in [-0.15, -0.1) is 0 Å². The molecule has 3 rings (SSSR count). The van der Waals surface area contributed by atoms with E-state index in [1.54, 1.807) is 4.90 Å². The van der Waals surface area contributed by atoms with Crippen LogP contribution in [-0.4, -0.2) is 35.1 Å². The highest BCUT2D eigenvalue weighted by molar-refractivity contribution is 5.80. The minimum Gasteiger partial charge on any atom is -0.369 e. The van der Waals surface area contributed by atoms with Gasteiger partial charge in [0.15, 0.2) is 0 Å². The summed E-state index contributed by atoms with van der Waals surface area (Å²) in [7, 11) is 0. The van der Waals surface area contributed by atoms with Crippen LogP contribution in [0.2, 0.25) is 0 Å². The molecule has 7 nitrogen and oxygen atoms in total. The van der Waals surface area contributed by atoms with Crippen molar-refractivity contribution < 1.29 is 14.1 Å². The second-order valence-electron chi connectivity index (χ2n) is 6.29. The number of rotatable bonds is 3. The van der Waals surface area contributed by atoms with Crippen LogP contribution in [0.4, 0.5) is 4.79 Å². The Morgan fingerprint density at radius 1 is 1.36 bits per heavy atom. The lowest BCUT2D eigenvalue weighted by Crippen LogP contribution is -2.39. The van der Waals surface area contributed by atoms with Gasteiger partial charge in [0.05, 0.1) is 12.5 Å². The summed E-state index contributed by atoms with van der Waals surface area (Å²) in [6, 6.07) is -0.178. The number of amides is 3. The molecule has 0 unspecified atom stereocenters. The zero-order chi connectivity index (χ0) is 15.7. The summed E-state index contributed by atoms with van der Waals surface area (Å²) in [5.74, 6) is 0.459. The molecule has 1 saturated heterocycles. The number of carbonyl (C=O) groups is 2. The summed E-state index contributed by atoms with van der Waals surface area (Å²) in [5, 5.41) is 6.94. The Labute approximate surface area is 129 Å². The molecule has 2 heterocycles. The molecule has 1 fully saturated rings. The van der Waals surface area contributed by atoms with Crippen molar-refractivity contribution in [1.82, 2.24) is 15.4 Å². The molecule has 1 aliphatic carbocycles. The largest absolute Gasteiger partial charge is 0.369 e. The highest BCUT2D eigenvalue weighted by Crippen LogP contribution is 2.25. The third kappa shape index (κ3) is 2.80. The van der Waals surface area contributed by atoms with E-state index in [1.807, 2.05) is 6.92 Å². The maximum Gasteiger partial charge on any atom is 0.317 e. The molecule has 1 aromatic heterocycles. The predicted molar refractivity (Wildman–Crippen MR) is 78.8 cm³/mol. The number of primary amides is 1. The van der Waals surface area contributed by atoms with Crippen LogP contribution in [0.3, 0.4) is 0 Å². The Morgan fingerprint density at radius 2 is 2.14 bits per heavy atom. The van der Waals surface area contributed by atoms with Crippen molar-refractivity contribution in [3.8, 4) is 0 Å². The van der Waals surface area contributed by atoms with Crippen molar-refractivity contribution in [3.63, 3.8) is 0 Å². The fraction of sp³-hybridized carbons (Fsp3) is 0.667. The summed E-state index contributed by atoms with van der Waals surface area (Å²) in [5.41, 5.74) is 7.33. The third-order valence-electron chi connectivity index (χ3n) is 4.70. The van der Waals surface area contributed by atoms with Crippen molar-refractivity contribution in [2.75, 3.05) is 13.1 Å². The molecule has 0 saturated carbocycles. The van der Waals surface area contributed by atoms with Gasteiger partial charge in [0.1, 0.15) is 11.5 Å². The first-order chi connectivity index (χ1) is 10.6. The fourth-order valence-electron chi connectivity index (χ4n) is 3.36. The first-order valence-corrected chi connectivity index (χ1v) is 7.84. The second-order valence-corrected chi connectivity index (χ2v) is 6.29. The Hall–Kier alpha value is -2.05. The van der Waals surface area contributed by atoms with E-state index in [1.165, 1.54) is 0 Å². The number of urea groups is 1. The van der Waals surface area contributed by atoms with Gasteiger partial charge in [0.25, 0.3) is 0 Å². The number of likely N-dealkylation sites (tertiary alicyclic amines) is 1. The van der Waals surface area contributed by atoms with Crippen molar-refractivity contribution in [3.05, 3.63) is 17.0 Å². The summed E-state index contributed by atoms with van der Waals surface area (Å²) < 4.78 is 5.33. The van der Waals surface area contributed by atoms with Crippen molar-refractivity contribution in [1.29, 1.82) is 0 Å². The zero-order valence-corrected chi connectivity index (χ0v) is 12.8.